The van der Waals surface area contributed by atoms with Gasteiger partial charge in [0.05, 0.1) is 5.56 Å². The lowest BCUT2D eigenvalue weighted by Crippen LogP contribution is -2.02. The van der Waals surface area contributed by atoms with Gasteiger partial charge in [0.2, 0.25) is 0 Å². The van der Waals surface area contributed by atoms with Gasteiger partial charge in [0.25, 0.3) is 5.82 Å². The molecule has 0 atom stereocenters. The third-order valence-electron chi connectivity index (χ3n) is 1.60. The van der Waals surface area contributed by atoms with E-state index in [9.17, 15) is 17.3 Å². The Bertz CT molecular complexity index is 393. The molecule has 86 valence electrons. The van der Waals surface area contributed by atoms with E-state index in [0.29, 0.717) is 0 Å². The molecule has 7 heteroatoms. The van der Waals surface area contributed by atoms with Crippen LogP contribution in [-0.2, 0) is 0 Å². The fraction of sp³-hybridized carbons (Fsp3) is 0. The zero-order chi connectivity index (χ0) is 12.0. The van der Waals surface area contributed by atoms with Crippen LogP contribution in [-0.4, -0.2) is 12.2 Å². The summed E-state index contributed by atoms with van der Waals surface area (Å²) in [7, 11) is -6.00. The van der Waals surface area contributed by atoms with E-state index < -0.39 is 7.25 Å². The van der Waals surface area contributed by atoms with Gasteiger partial charge in [0.1, 0.15) is 12.4 Å². The summed E-state index contributed by atoms with van der Waals surface area (Å²) >= 11 is 0. The highest BCUT2D eigenvalue weighted by atomic mass is 19.5. The van der Waals surface area contributed by atoms with E-state index in [2.05, 4.69) is 22.1 Å². The Balaban J connectivity index is 0.000000221. The van der Waals surface area contributed by atoms with Crippen LogP contribution in [0.15, 0.2) is 42.7 Å². The van der Waals surface area contributed by atoms with Crippen molar-refractivity contribution in [3.05, 3.63) is 42.7 Å². The van der Waals surface area contributed by atoms with Gasteiger partial charge >= 0.3 is 7.25 Å². The third-order valence-corrected chi connectivity index (χ3v) is 1.60. The molecule has 0 radical (unpaired) electrons. The monoisotopic (exact) mass is 232 g/mol. The van der Waals surface area contributed by atoms with E-state index in [0.717, 1.165) is 5.82 Å². The lowest BCUT2D eigenvalue weighted by Gasteiger charge is -1.94. The maximum absolute atomic E-state index is 9.75. The van der Waals surface area contributed by atoms with Crippen LogP contribution in [0, 0.1) is 0 Å². The minimum Gasteiger partial charge on any atom is -0.418 e. The van der Waals surface area contributed by atoms with E-state index in [1.54, 1.807) is 0 Å². The maximum atomic E-state index is 9.75. The molecule has 0 fully saturated rings. The molecule has 1 aromatic carbocycles. The number of nitrogens with one attached hydrogen (secondary N) is 2. The Morgan fingerprint density at radius 1 is 1.00 bits per heavy atom. The van der Waals surface area contributed by atoms with E-state index >= 15 is 0 Å². The number of halogens is 4. The zero-order valence-corrected chi connectivity index (χ0v) is 8.13. The Hall–Kier alpha value is -1.79. The van der Waals surface area contributed by atoms with Crippen LogP contribution >= 0.6 is 0 Å². The average Bonchev–Trinajstić information content (AvgIpc) is 2.69. The minimum atomic E-state index is -6.00. The molecule has 0 aliphatic heterocycles. The van der Waals surface area contributed by atoms with E-state index in [1.165, 1.54) is 5.56 Å². The zero-order valence-electron chi connectivity index (χ0n) is 8.13. The van der Waals surface area contributed by atoms with E-state index in [-0.39, 0.29) is 0 Å². The second-order valence-electron chi connectivity index (χ2n) is 2.86. The van der Waals surface area contributed by atoms with Crippen LogP contribution < -0.4 is 4.98 Å². The van der Waals surface area contributed by atoms with Crippen molar-refractivity contribution in [2.24, 2.45) is 0 Å². The molecular weight excluding hydrogens is 223 g/mol. The molecule has 0 saturated carbocycles. The van der Waals surface area contributed by atoms with Gasteiger partial charge in [0, 0.05) is 0 Å². The second kappa shape index (κ2) is 5.34. The number of imidazole rings is 1. The van der Waals surface area contributed by atoms with Crippen molar-refractivity contribution in [1.82, 2.24) is 4.98 Å². The summed E-state index contributed by atoms with van der Waals surface area (Å²) in [6, 6.07) is 10.2. The molecule has 1 aromatic heterocycles. The van der Waals surface area contributed by atoms with Crippen LogP contribution in [0.1, 0.15) is 0 Å². The van der Waals surface area contributed by atoms with Crippen molar-refractivity contribution >= 4 is 7.25 Å². The minimum absolute atomic E-state index is 1.05. The van der Waals surface area contributed by atoms with E-state index in [4.69, 9.17) is 0 Å². The summed E-state index contributed by atoms with van der Waals surface area (Å²) in [5.74, 6) is 1.05. The predicted molar refractivity (Wildman–Crippen MR) is 53.0 cm³/mol. The van der Waals surface area contributed by atoms with Crippen molar-refractivity contribution in [2.45, 2.75) is 0 Å². The van der Waals surface area contributed by atoms with Crippen molar-refractivity contribution in [1.29, 1.82) is 0 Å². The first-order valence-electron chi connectivity index (χ1n) is 4.44. The summed E-state index contributed by atoms with van der Waals surface area (Å²) < 4.78 is 39.0. The Labute approximate surface area is 89.4 Å². The highest BCUT2D eigenvalue weighted by Crippen LogP contribution is 2.09. The smallest absolute Gasteiger partial charge is 0.418 e. The van der Waals surface area contributed by atoms with E-state index in [1.807, 2.05) is 30.6 Å². The fourth-order valence-electron chi connectivity index (χ4n) is 1.06. The molecule has 1 heterocycles. The molecule has 0 saturated heterocycles. The summed E-state index contributed by atoms with van der Waals surface area (Å²) in [5, 5.41) is 0. The molecule has 0 amide bonds. The molecule has 0 aliphatic carbocycles. The van der Waals surface area contributed by atoms with Gasteiger partial charge in [0.15, 0.2) is 0 Å². The quantitative estimate of drug-likeness (QED) is 0.578. The van der Waals surface area contributed by atoms with Crippen LogP contribution in [0.25, 0.3) is 11.4 Å². The number of hydrogen-bond acceptors (Lipinski definition) is 0. The lowest BCUT2D eigenvalue weighted by atomic mass is 10.2. The molecule has 2 aromatic rings. The molecule has 0 spiro atoms. The molecular formula is C9H9BF4N2. The number of aromatic amines is 2. The lowest BCUT2D eigenvalue weighted by molar-refractivity contribution is -0.362. The van der Waals surface area contributed by atoms with Crippen molar-refractivity contribution in [3.63, 3.8) is 0 Å². The normalized spacial score (nSPS) is 10.5. The largest absolute Gasteiger partial charge is 0.673 e. The van der Waals surface area contributed by atoms with Crippen molar-refractivity contribution in [3.8, 4) is 11.4 Å². The summed E-state index contributed by atoms with van der Waals surface area (Å²) in [5.41, 5.74) is 1.18. The number of benzene rings is 1. The third kappa shape index (κ3) is 5.18. The highest BCUT2D eigenvalue weighted by Gasteiger charge is 2.20. The summed E-state index contributed by atoms with van der Waals surface area (Å²) in [4.78, 5) is 6.20. The molecule has 2 N–H and O–H groups in total. The van der Waals surface area contributed by atoms with Gasteiger partial charge in [-0.05, 0) is 12.1 Å². The van der Waals surface area contributed by atoms with Gasteiger partial charge in [-0.3, -0.25) is 0 Å². The van der Waals surface area contributed by atoms with Gasteiger partial charge in [-0.25, -0.2) is 9.97 Å². The summed E-state index contributed by atoms with van der Waals surface area (Å²) in [6.07, 6.45) is 3.75. The SMILES string of the molecule is F[B-](F)(F)F.c1ccc(-c2[nH]cc[nH+]2)cc1. The van der Waals surface area contributed by atoms with Gasteiger partial charge in [-0.2, -0.15) is 0 Å². The Kier molecular flexibility index (Phi) is 4.10. The molecule has 0 aliphatic rings. The first-order valence-corrected chi connectivity index (χ1v) is 4.44. The highest BCUT2D eigenvalue weighted by molar-refractivity contribution is 6.50. The van der Waals surface area contributed by atoms with Crippen molar-refractivity contribution in [2.75, 3.05) is 0 Å². The summed E-state index contributed by atoms with van der Waals surface area (Å²) in [6.45, 7) is 0. The predicted octanol–water partition coefficient (Wildman–Crippen LogP) is 2.80. The fourth-order valence-corrected chi connectivity index (χ4v) is 1.06. The molecule has 16 heavy (non-hydrogen) atoms. The van der Waals surface area contributed by atoms with Crippen LogP contribution in [0.3, 0.4) is 0 Å². The molecule has 2 rings (SSSR count). The van der Waals surface area contributed by atoms with Crippen LogP contribution in [0.5, 0.6) is 0 Å². The van der Waals surface area contributed by atoms with Gasteiger partial charge < -0.3 is 17.3 Å². The number of hydrogen-bond donors (Lipinski definition) is 1. The molecule has 2 nitrogen and oxygen atoms in total. The van der Waals surface area contributed by atoms with Crippen molar-refractivity contribution < 1.29 is 22.2 Å². The first kappa shape index (κ1) is 12.3. The molecule has 0 bridgehead atoms. The molecule has 0 unspecified atom stereocenters. The van der Waals surface area contributed by atoms with Gasteiger partial charge in [-0.15, -0.1) is 0 Å². The Morgan fingerprint density at radius 2 is 1.56 bits per heavy atom. The maximum Gasteiger partial charge on any atom is 0.673 e. The second-order valence-corrected chi connectivity index (χ2v) is 2.86. The number of rotatable bonds is 1. The number of H-pyrrole nitrogens is 2. The number of aromatic nitrogens is 2. The standard InChI is InChI=1S/C9H8N2.BF4/c1-2-4-8(5-3-1)9-10-6-7-11-9;2-1(3,4)5/h1-7H,(H,10,11);/q;-1/p+1. The van der Waals surface area contributed by atoms with Crippen LogP contribution in [0.4, 0.5) is 17.3 Å². The average molecular weight is 232 g/mol. The van der Waals surface area contributed by atoms with Crippen LogP contribution in [0.2, 0.25) is 0 Å². The Morgan fingerprint density at radius 3 is 2.00 bits per heavy atom. The van der Waals surface area contributed by atoms with Gasteiger partial charge in [-0.1, -0.05) is 18.2 Å². The first-order chi connectivity index (χ1) is 7.47. The topological polar surface area (TPSA) is 29.9 Å².